The van der Waals surface area contributed by atoms with Gasteiger partial charge in [0.05, 0.1) is 5.58 Å². The molecule has 7 rings (SSSR count). The predicted octanol–water partition coefficient (Wildman–Crippen LogP) is 10.1. The molecule has 3 aromatic carbocycles. The van der Waals surface area contributed by atoms with Crippen molar-refractivity contribution >= 4 is 43.4 Å². The van der Waals surface area contributed by atoms with Gasteiger partial charge in [-0.15, -0.1) is 65.4 Å². The van der Waals surface area contributed by atoms with Crippen molar-refractivity contribution < 1.29 is 24.5 Å². The number of thiophene rings is 1. The summed E-state index contributed by atoms with van der Waals surface area (Å²) in [6, 6.07) is 33.1. The fraction of sp³-hybridized carbons (Fsp3) is 0.167. The molecule has 0 saturated heterocycles. The first-order chi connectivity index (χ1) is 19.3. The zero-order valence-corrected chi connectivity index (χ0v) is 26.9. The Hall–Kier alpha value is -3.63. The molecular weight excluding hydrogens is 701 g/mol. The number of aromatic nitrogens is 2. The van der Waals surface area contributed by atoms with E-state index < -0.39 is 0 Å². The topological polar surface area (TPSA) is 38.9 Å². The van der Waals surface area contributed by atoms with Crippen molar-refractivity contribution in [2.75, 3.05) is 0 Å². The smallest absolute Gasteiger partial charge is 0.129 e. The maximum absolute atomic E-state index is 6.46. The molecule has 0 atom stereocenters. The molecule has 0 saturated carbocycles. The molecule has 4 heterocycles. The Bertz CT molecular complexity index is 1910. The fourth-order valence-corrected chi connectivity index (χ4v) is 6.09. The van der Waals surface area contributed by atoms with Gasteiger partial charge in [0, 0.05) is 52.8 Å². The molecule has 0 fully saturated rings. The second-order valence-corrected chi connectivity index (χ2v) is 12.3. The molecule has 207 valence electrons. The van der Waals surface area contributed by atoms with Gasteiger partial charge in [0.15, 0.2) is 0 Å². The molecule has 0 bridgehead atoms. The molecule has 0 N–H and O–H groups in total. The van der Waals surface area contributed by atoms with Gasteiger partial charge >= 0.3 is 0 Å². The molecule has 7 aromatic rings. The van der Waals surface area contributed by atoms with Crippen LogP contribution in [0.15, 0.2) is 95.7 Å². The van der Waals surface area contributed by atoms with Crippen LogP contribution in [0.2, 0.25) is 0 Å². The minimum atomic E-state index is 0. The second-order valence-electron chi connectivity index (χ2n) is 11.0. The zero-order valence-electron chi connectivity index (χ0n) is 23.7. The zero-order chi connectivity index (χ0) is 27.9. The molecule has 3 nitrogen and oxygen atoms in total. The number of pyridine rings is 2. The van der Waals surface area contributed by atoms with Crippen LogP contribution in [0, 0.1) is 26.0 Å². The molecule has 0 aliphatic rings. The predicted molar refractivity (Wildman–Crippen MR) is 168 cm³/mol. The number of hydrogen-bond acceptors (Lipinski definition) is 4. The molecule has 0 spiro atoms. The van der Waals surface area contributed by atoms with Crippen molar-refractivity contribution in [1.29, 1.82) is 0 Å². The van der Waals surface area contributed by atoms with Crippen molar-refractivity contribution in [2.45, 2.75) is 40.0 Å². The summed E-state index contributed by atoms with van der Waals surface area (Å²) in [5, 5.41) is 3.46. The van der Waals surface area contributed by atoms with E-state index in [0.717, 1.165) is 44.5 Å². The first-order valence-corrected chi connectivity index (χ1v) is 14.2. The third-order valence-electron chi connectivity index (χ3n) is 7.04. The Labute approximate surface area is 258 Å². The summed E-state index contributed by atoms with van der Waals surface area (Å²) in [6.45, 7) is 11.0. The molecule has 0 unspecified atom stereocenters. The second kappa shape index (κ2) is 11.7. The maximum atomic E-state index is 6.46. The number of aryl methyl sites for hydroxylation is 2. The van der Waals surface area contributed by atoms with E-state index in [-0.39, 0.29) is 25.5 Å². The summed E-state index contributed by atoms with van der Waals surface area (Å²) in [7, 11) is 0. The van der Waals surface area contributed by atoms with Gasteiger partial charge in [-0.05, 0) is 60.0 Å². The average Bonchev–Trinajstić information content (AvgIpc) is 3.54. The van der Waals surface area contributed by atoms with Crippen molar-refractivity contribution in [2.24, 2.45) is 0 Å². The van der Waals surface area contributed by atoms with Crippen LogP contribution in [0.1, 0.15) is 36.8 Å². The molecule has 0 aliphatic heterocycles. The Morgan fingerprint density at radius 1 is 0.756 bits per heavy atom. The number of fused-ring (bicyclic) bond motifs is 5. The van der Waals surface area contributed by atoms with E-state index in [1.807, 2.05) is 54.7 Å². The SMILES string of the molecule is Cc1cc2c(ccc3c4cc[c-]c(-c5cc(C(C)(C)C)c(C)cn5)c4oc23)s1.[Ir].[c-]1ccccc1-c1ccccn1. The summed E-state index contributed by atoms with van der Waals surface area (Å²) in [5.41, 5.74) is 8.25. The first-order valence-electron chi connectivity index (χ1n) is 13.4. The van der Waals surface area contributed by atoms with E-state index in [2.05, 4.69) is 82.1 Å². The van der Waals surface area contributed by atoms with E-state index in [9.17, 15) is 0 Å². The number of rotatable bonds is 2. The van der Waals surface area contributed by atoms with Crippen LogP contribution in [0.25, 0.3) is 54.5 Å². The van der Waals surface area contributed by atoms with Crippen molar-refractivity contribution in [3.63, 3.8) is 0 Å². The maximum Gasteiger partial charge on any atom is 0.129 e. The van der Waals surface area contributed by atoms with Gasteiger partial charge in [-0.3, -0.25) is 0 Å². The Morgan fingerprint density at radius 2 is 1.56 bits per heavy atom. The van der Waals surface area contributed by atoms with Crippen LogP contribution >= 0.6 is 11.3 Å². The van der Waals surface area contributed by atoms with Gasteiger partial charge < -0.3 is 14.4 Å². The van der Waals surface area contributed by atoms with Crippen LogP contribution in [0.5, 0.6) is 0 Å². The first kappa shape index (κ1) is 28.9. The van der Waals surface area contributed by atoms with Crippen LogP contribution in [-0.2, 0) is 25.5 Å². The molecule has 0 aliphatic carbocycles. The number of hydrogen-bond donors (Lipinski definition) is 0. The van der Waals surface area contributed by atoms with E-state index in [1.54, 1.807) is 17.5 Å². The van der Waals surface area contributed by atoms with E-state index in [4.69, 9.17) is 9.40 Å². The molecule has 41 heavy (non-hydrogen) atoms. The third-order valence-corrected chi connectivity index (χ3v) is 8.05. The van der Waals surface area contributed by atoms with Crippen LogP contribution in [0.4, 0.5) is 0 Å². The third kappa shape index (κ3) is 5.76. The Kier molecular flexibility index (Phi) is 8.24. The van der Waals surface area contributed by atoms with Gasteiger partial charge in [0.2, 0.25) is 0 Å². The van der Waals surface area contributed by atoms with Gasteiger partial charge in [0.1, 0.15) is 5.58 Å². The minimum Gasteiger partial charge on any atom is -0.500 e. The van der Waals surface area contributed by atoms with Crippen molar-refractivity contribution in [1.82, 2.24) is 9.97 Å². The van der Waals surface area contributed by atoms with Crippen LogP contribution < -0.4 is 0 Å². The van der Waals surface area contributed by atoms with E-state index in [0.29, 0.717) is 0 Å². The number of benzene rings is 3. The number of furan rings is 1. The van der Waals surface area contributed by atoms with Crippen molar-refractivity contribution in [3.8, 4) is 22.5 Å². The Morgan fingerprint density at radius 3 is 2.29 bits per heavy atom. The summed E-state index contributed by atoms with van der Waals surface area (Å²) in [6.07, 6.45) is 3.75. The quantitative estimate of drug-likeness (QED) is 0.166. The molecule has 0 amide bonds. The minimum absolute atomic E-state index is 0. The van der Waals surface area contributed by atoms with Crippen LogP contribution in [0.3, 0.4) is 0 Å². The molecular formula is C36H30IrN2OS-2. The number of nitrogens with zero attached hydrogens (tertiary/aromatic N) is 2. The van der Waals surface area contributed by atoms with Crippen LogP contribution in [-0.4, -0.2) is 9.97 Å². The standard InChI is InChI=1S/C25H22NOS.C11H8N.Ir/c1-14-13-26-21(12-20(14)25(3,4)5)18-8-6-7-16-17-9-10-22-19(11-15(2)28-22)24(17)27-23(16)18;1-2-6-10(7-3-1)11-8-4-5-9-12-11;/h6-7,9-13H,1-5H3;1-6,8-9H;/q2*-1;. The van der Waals surface area contributed by atoms with E-state index >= 15 is 0 Å². The molecule has 1 radical (unpaired) electrons. The Balaban J connectivity index is 0.000000218. The summed E-state index contributed by atoms with van der Waals surface area (Å²) in [5.74, 6) is 0. The van der Waals surface area contributed by atoms with Gasteiger partial charge in [-0.2, -0.15) is 0 Å². The van der Waals surface area contributed by atoms with Gasteiger partial charge in [-0.25, -0.2) is 0 Å². The van der Waals surface area contributed by atoms with Gasteiger partial charge in [-0.1, -0.05) is 56.0 Å². The molecule has 5 heteroatoms. The van der Waals surface area contributed by atoms with Crippen molar-refractivity contribution in [3.05, 3.63) is 119 Å². The summed E-state index contributed by atoms with van der Waals surface area (Å²) in [4.78, 5) is 10.2. The average molecular weight is 731 g/mol. The largest absolute Gasteiger partial charge is 0.500 e. The fourth-order valence-electron chi connectivity index (χ4n) is 5.17. The summed E-state index contributed by atoms with van der Waals surface area (Å²) >= 11 is 1.80. The van der Waals surface area contributed by atoms with Gasteiger partial charge in [0.25, 0.3) is 0 Å². The van der Waals surface area contributed by atoms with E-state index in [1.165, 1.54) is 26.1 Å². The molecule has 4 aromatic heterocycles. The summed E-state index contributed by atoms with van der Waals surface area (Å²) < 4.78 is 7.72. The normalized spacial score (nSPS) is 11.3. The monoisotopic (exact) mass is 731 g/mol.